The van der Waals surface area contributed by atoms with Crippen molar-refractivity contribution in [2.24, 2.45) is 0 Å². The van der Waals surface area contributed by atoms with E-state index in [-0.39, 0.29) is 24.7 Å². The van der Waals surface area contributed by atoms with Crippen molar-refractivity contribution in [2.75, 3.05) is 6.61 Å². The number of esters is 1. The molecule has 0 aliphatic heterocycles. The number of ether oxygens (including phenoxy) is 2. The van der Waals surface area contributed by atoms with Crippen LogP contribution in [0.2, 0.25) is 5.02 Å². The molecule has 1 N–H and O–H groups in total. The molecule has 2 aromatic rings. The van der Waals surface area contributed by atoms with Crippen LogP contribution in [0.3, 0.4) is 0 Å². The highest BCUT2D eigenvalue weighted by molar-refractivity contribution is 6.30. The lowest BCUT2D eigenvalue weighted by molar-refractivity contribution is -0.142. The second-order valence-corrected chi connectivity index (χ2v) is 6.00. The summed E-state index contributed by atoms with van der Waals surface area (Å²) in [5.41, 5.74) is -0.516. The minimum Gasteiger partial charge on any atom is -0.466 e. The zero-order valence-corrected chi connectivity index (χ0v) is 14.1. The Balaban J connectivity index is 2.05. The van der Waals surface area contributed by atoms with Crippen LogP contribution in [-0.2, 0) is 15.1 Å². The largest absolute Gasteiger partial charge is 0.466 e. The van der Waals surface area contributed by atoms with Gasteiger partial charge in [0.25, 0.3) is 0 Å². The lowest BCUT2D eigenvalue weighted by Crippen LogP contribution is -2.23. The van der Waals surface area contributed by atoms with Crippen molar-refractivity contribution >= 4 is 17.6 Å². The van der Waals surface area contributed by atoms with Crippen LogP contribution in [0.25, 0.3) is 0 Å². The average molecular weight is 353 g/mol. The average Bonchev–Trinajstić information content (AvgIpc) is 2.50. The van der Waals surface area contributed by atoms with E-state index >= 15 is 0 Å². The number of hydrogen-bond donors (Lipinski definition) is 1. The zero-order chi connectivity index (χ0) is 17.7. The number of aliphatic hydroxyl groups is 1. The van der Waals surface area contributed by atoms with E-state index < -0.39 is 11.4 Å². The van der Waals surface area contributed by atoms with Crippen LogP contribution in [-0.4, -0.2) is 17.7 Å². The van der Waals surface area contributed by atoms with Crippen molar-refractivity contribution in [3.8, 4) is 11.5 Å². The minimum atomic E-state index is -1.15. The highest BCUT2D eigenvalue weighted by Crippen LogP contribution is 2.30. The van der Waals surface area contributed by atoms with Crippen LogP contribution in [0, 0.1) is 5.82 Å². The lowest BCUT2D eigenvalue weighted by Gasteiger charge is -2.23. The van der Waals surface area contributed by atoms with Gasteiger partial charge in [0, 0.05) is 18.4 Å². The molecule has 1 unspecified atom stereocenters. The molecular weight excluding hydrogens is 335 g/mol. The van der Waals surface area contributed by atoms with E-state index in [9.17, 15) is 14.3 Å². The molecule has 2 rings (SSSR count). The molecule has 0 saturated heterocycles. The lowest BCUT2D eigenvalue weighted by atomic mass is 9.93. The first kappa shape index (κ1) is 18.2. The van der Waals surface area contributed by atoms with Gasteiger partial charge in [-0.05, 0) is 42.8 Å². The molecule has 6 heteroatoms. The standard InChI is InChI=1S/C18H18ClFO4/c1-12(21)23-10-9-18(2,22)13-3-6-15(7-4-13)24-17-8-5-14(19)11-16(17)20/h3-8,11,22H,9-10H2,1-2H3. The van der Waals surface area contributed by atoms with E-state index in [1.54, 1.807) is 31.2 Å². The Morgan fingerprint density at radius 1 is 1.25 bits per heavy atom. The first-order chi connectivity index (χ1) is 11.3. The highest BCUT2D eigenvalue weighted by atomic mass is 35.5. The molecule has 0 aromatic heterocycles. The van der Waals surface area contributed by atoms with Crippen LogP contribution in [0.4, 0.5) is 4.39 Å². The normalized spacial score (nSPS) is 13.2. The summed E-state index contributed by atoms with van der Waals surface area (Å²) in [6.45, 7) is 3.07. The molecule has 128 valence electrons. The third-order valence-electron chi connectivity index (χ3n) is 3.49. The van der Waals surface area contributed by atoms with E-state index in [2.05, 4.69) is 0 Å². The predicted octanol–water partition coefficient (Wildman–Crippen LogP) is 4.43. The number of rotatable bonds is 6. The fourth-order valence-electron chi connectivity index (χ4n) is 2.10. The quantitative estimate of drug-likeness (QED) is 0.781. The van der Waals surface area contributed by atoms with E-state index in [4.69, 9.17) is 21.1 Å². The van der Waals surface area contributed by atoms with Crippen molar-refractivity contribution < 1.29 is 23.8 Å². The summed E-state index contributed by atoms with van der Waals surface area (Å²) >= 11 is 5.70. The van der Waals surface area contributed by atoms with Gasteiger partial charge in [-0.3, -0.25) is 4.79 Å². The first-order valence-electron chi connectivity index (χ1n) is 7.37. The number of hydrogen-bond acceptors (Lipinski definition) is 4. The molecule has 0 spiro atoms. The van der Waals surface area contributed by atoms with Gasteiger partial charge in [0.1, 0.15) is 5.75 Å². The molecule has 0 heterocycles. The van der Waals surface area contributed by atoms with Crippen molar-refractivity contribution in [3.63, 3.8) is 0 Å². The Hall–Kier alpha value is -2.11. The summed E-state index contributed by atoms with van der Waals surface area (Å²) in [7, 11) is 0. The highest BCUT2D eigenvalue weighted by Gasteiger charge is 2.23. The minimum absolute atomic E-state index is 0.0637. The number of carbonyl (C=O) groups is 1. The molecule has 0 saturated carbocycles. The Morgan fingerprint density at radius 3 is 2.50 bits per heavy atom. The van der Waals surface area contributed by atoms with Crippen molar-refractivity contribution in [1.29, 1.82) is 0 Å². The van der Waals surface area contributed by atoms with Gasteiger partial charge < -0.3 is 14.6 Å². The van der Waals surface area contributed by atoms with Gasteiger partial charge >= 0.3 is 5.97 Å². The zero-order valence-electron chi connectivity index (χ0n) is 13.4. The third kappa shape index (κ3) is 4.94. The van der Waals surface area contributed by atoms with Gasteiger partial charge in [0.15, 0.2) is 11.6 Å². The van der Waals surface area contributed by atoms with E-state index in [0.29, 0.717) is 16.3 Å². The third-order valence-corrected chi connectivity index (χ3v) is 3.73. The summed E-state index contributed by atoms with van der Waals surface area (Å²) in [6.07, 6.45) is 0.262. The Kier molecular flexibility index (Phi) is 5.80. The Morgan fingerprint density at radius 2 is 1.92 bits per heavy atom. The summed E-state index contributed by atoms with van der Waals surface area (Å²) in [5, 5.41) is 10.7. The maximum absolute atomic E-state index is 13.7. The molecular formula is C18H18ClFO4. The van der Waals surface area contributed by atoms with Crippen LogP contribution >= 0.6 is 11.6 Å². The Labute approximate surface area is 144 Å². The van der Waals surface area contributed by atoms with Crippen molar-refractivity contribution in [2.45, 2.75) is 25.9 Å². The summed E-state index contributed by atoms with van der Waals surface area (Å²) < 4.78 is 24.0. The first-order valence-corrected chi connectivity index (χ1v) is 7.75. The van der Waals surface area contributed by atoms with Gasteiger partial charge in [-0.2, -0.15) is 0 Å². The fraction of sp³-hybridized carbons (Fsp3) is 0.278. The molecule has 0 fully saturated rings. The number of benzene rings is 2. The van der Waals surface area contributed by atoms with E-state index in [1.807, 2.05) is 0 Å². The smallest absolute Gasteiger partial charge is 0.302 e. The van der Waals surface area contributed by atoms with Crippen LogP contribution < -0.4 is 4.74 Å². The second kappa shape index (κ2) is 7.64. The predicted molar refractivity (Wildman–Crippen MR) is 88.7 cm³/mol. The number of halogens is 2. The molecule has 0 aliphatic carbocycles. The van der Waals surface area contributed by atoms with Gasteiger partial charge in [-0.25, -0.2) is 4.39 Å². The van der Waals surface area contributed by atoms with Crippen molar-refractivity contribution in [1.82, 2.24) is 0 Å². The Bertz CT molecular complexity index is 713. The number of carbonyl (C=O) groups excluding carboxylic acids is 1. The topological polar surface area (TPSA) is 55.8 Å². The summed E-state index contributed by atoms with van der Waals surface area (Å²) in [6, 6.07) is 10.8. The van der Waals surface area contributed by atoms with E-state index in [0.717, 1.165) is 0 Å². The molecule has 1 atom stereocenters. The van der Waals surface area contributed by atoms with Crippen molar-refractivity contribution in [3.05, 3.63) is 58.9 Å². The SMILES string of the molecule is CC(=O)OCCC(C)(O)c1ccc(Oc2ccc(Cl)cc2F)cc1. The fourth-order valence-corrected chi connectivity index (χ4v) is 2.26. The molecule has 0 aliphatic rings. The van der Waals surface area contributed by atoms with Gasteiger partial charge in [0.05, 0.1) is 12.2 Å². The maximum Gasteiger partial charge on any atom is 0.302 e. The summed E-state index contributed by atoms with van der Waals surface area (Å²) in [4.78, 5) is 10.8. The molecule has 0 radical (unpaired) electrons. The molecule has 4 nitrogen and oxygen atoms in total. The van der Waals surface area contributed by atoms with Crippen LogP contribution in [0.5, 0.6) is 11.5 Å². The van der Waals surface area contributed by atoms with E-state index in [1.165, 1.54) is 25.1 Å². The molecule has 24 heavy (non-hydrogen) atoms. The van der Waals surface area contributed by atoms with Crippen LogP contribution in [0.1, 0.15) is 25.8 Å². The maximum atomic E-state index is 13.7. The van der Waals surface area contributed by atoms with Gasteiger partial charge in [-0.1, -0.05) is 23.7 Å². The molecule has 0 amide bonds. The van der Waals surface area contributed by atoms with Gasteiger partial charge in [-0.15, -0.1) is 0 Å². The van der Waals surface area contributed by atoms with Gasteiger partial charge in [0.2, 0.25) is 0 Å². The van der Waals surface area contributed by atoms with Crippen LogP contribution in [0.15, 0.2) is 42.5 Å². The molecule has 0 bridgehead atoms. The summed E-state index contributed by atoms with van der Waals surface area (Å²) in [5.74, 6) is -0.455. The monoisotopic (exact) mass is 352 g/mol. The molecule has 2 aromatic carbocycles. The second-order valence-electron chi connectivity index (χ2n) is 5.57.